The van der Waals surface area contributed by atoms with Crippen molar-refractivity contribution >= 4 is 58.4 Å². The predicted octanol–water partition coefficient (Wildman–Crippen LogP) is 8.00. The Morgan fingerprint density at radius 1 is 0.650 bits per heavy atom. The van der Waals surface area contributed by atoms with Gasteiger partial charge in [0.1, 0.15) is 32.9 Å². The molecule has 202 valence electrons. The Morgan fingerprint density at radius 2 is 1.05 bits per heavy atom. The fraction of sp³-hybridized carbons (Fsp3) is 0.0714. The van der Waals surface area contributed by atoms with Crippen LogP contribution in [0.25, 0.3) is 11.1 Å². The van der Waals surface area contributed by atoms with Crippen molar-refractivity contribution in [3.05, 3.63) is 114 Å². The minimum atomic E-state index is -0.552. The molecule has 40 heavy (non-hydrogen) atoms. The zero-order valence-electron chi connectivity index (χ0n) is 21.1. The molecule has 0 radical (unpaired) electrons. The van der Waals surface area contributed by atoms with E-state index in [0.717, 1.165) is 11.1 Å². The molecule has 4 aromatic carbocycles. The van der Waals surface area contributed by atoms with E-state index in [-0.39, 0.29) is 21.4 Å². The van der Waals surface area contributed by atoms with Crippen LogP contribution >= 0.6 is 23.2 Å². The van der Waals surface area contributed by atoms with Crippen LogP contribution in [0, 0.1) is 20.2 Å². The summed E-state index contributed by atoms with van der Waals surface area (Å²) in [6.45, 7) is 0. The number of ether oxygens (including phenoxy) is 2. The van der Waals surface area contributed by atoms with E-state index in [0.29, 0.717) is 34.0 Å². The van der Waals surface area contributed by atoms with Gasteiger partial charge in [0.2, 0.25) is 0 Å². The number of benzene rings is 4. The summed E-state index contributed by atoms with van der Waals surface area (Å²) in [6, 6.07) is 19.7. The molecule has 0 aliphatic heterocycles. The maximum atomic E-state index is 11.1. The van der Waals surface area contributed by atoms with Gasteiger partial charge in [-0.2, -0.15) is 0 Å². The topological polar surface area (TPSA) is 129 Å². The van der Waals surface area contributed by atoms with Gasteiger partial charge in [-0.25, -0.2) is 0 Å². The number of methoxy groups -OCH3 is 2. The maximum Gasteiger partial charge on any atom is 0.288 e. The SMILES string of the molecule is COc1cc(-c2ccc(N=Cc3ccc(Cl)c([N+](=O)[O-])c3)c(OC)c2)ccc1N=Cc1ccc(Cl)c([N+](=O)[O-])c1. The van der Waals surface area contributed by atoms with Crippen molar-refractivity contribution in [3.63, 3.8) is 0 Å². The molecule has 0 N–H and O–H groups in total. The highest BCUT2D eigenvalue weighted by molar-refractivity contribution is 6.33. The van der Waals surface area contributed by atoms with E-state index < -0.39 is 9.85 Å². The van der Waals surface area contributed by atoms with Crippen molar-refractivity contribution in [2.45, 2.75) is 0 Å². The van der Waals surface area contributed by atoms with E-state index >= 15 is 0 Å². The molecular weight excluding hydrogens is 559 g/mol. The van der Waals surface area contributed by atoms with Crippen molar-refractivity contribution in [2.75, 3.05) is 14.2 Å². The highest BCUT2D eigenvalue weighted by Crippen LogP contribution is 2.37. The van der Waals surface area contributed by atoms with Crippen LogP contribution in [-0.2, 0) is 0 Å². The lowest BCUT2D eigenvalue weighted by molar-refractivity contribution is -0.384. The molecule has 12 heteroatoms. The van der Waals surface area contributed by atoms with Crippen molar-refractivity contribution in [1.29, 1.82) is 0 Å². The average molecular weight is 579 g/mol. The quantitative estimate of drug-likeness (QED) is 0.112. The molecule has 0 aliphatic carbocycles. The van der Waals surface area contributed by atoms with Crippen LogP contribution in [0.1, 0.15) is 11.1 Å². The lowest BCUT2D eigenvalue weighted by Gasteiger charge is -2.11. The van der Waals surface area contributed by atoms with E-state index in [4.69, 9.17) is 32.7 Å². The maximum absolute atomic E-state index is 11.1. The molecule has 0 saturated carbocycles. The number of nitro groups is 2. The highest BCUT2D eigenvalue weighted by Gasteiger charge is 2.14. The third-order valence-corrected chi connectivity index (χ3v) is 6.37. The average Bonchev–Trinajstić information content (AvgIpc) is 2.95. The number of halogens is 2. The smallest absolute Gasteiger partial charge is 0.288 e. The van der Waals surface area contributed by atoms with Crippen LogP contribution in [-0.4, -0.2) is 36.5 Å². The number of hydrogen-bond donors (Lipinski definition) is 0. The molecule has 0 spiro atoms. The van der Waals surface area contributed by atoms with Crippen LogP contribution < -0.4 is 9.47 Å². The minimum Gasteiger partial charge on any atom is -0.494 e. The summed E-state index contributed by atoms with van der Waals surface area (Å²) in [5.41, 5.74) is 3.30. The molecule has 0 aliphatic rings. The third kappa shape index (κ3) is 6.42. The Bertz CT molecular complexity index is 1550. The molecule has 0 fully saturated rings. The molecule has 0 aromatic heterocycles. The second-order valence-electron chi connectivity index (χ2n) is 8.23. The van der Waals surface area contributed by atoms with Gasteiger partial charge in [0.05, 0.1) is 24.1 Å². The number of aliphatic imine (C=N–C) groups is 2. The van der Waals surface area contributed by atoms with Crippen LogP contribution in [0.5, 0.6) is 11.5 Å². The largest absolute Gasteiger partial charge is 0.494 e. The fourth-order valence-corrected chi connectivity index (χ4v) is 4.09. The normalized spacial score (nSPS) is 11.2. The minimum absolute atomic E-state index is 0.0465. The summed E-state index contributed by atoms with van der Waals surface area (Å²) in [7, 11) is 3.04. The van der Waals surface area contributed by atoms with Crippen LogP contribution in [0.2, 0.25) is 10.0 Å². The molecule has 10 nitrogen and oxygen atoms in total. The van der Waals surface area contributed by atoms with Gasteiger partial charge in [-0.15, -0.1) is 0 Å². The van der Waals surface area contributed by atoms with Gasteiger partial charge >= 0.3 is 0 Å². The fourth-order valence-electron chi connectivity index (χ4n) is 3.72. The van der Waals surface area contributed by atoms with Gasteiger partial charge in [-0.05, 0) is 58.7 Å². The Hall–Kier alpha value is -4.80. The first-order chi connectivity index (χ1) is 19.2. The second kappa shape index (κ2) is 12.4. The van der Waals surface area contributed by atoms with Crippen LogP contribution in [0.4, 0.5) is 22.7 Å². The Kier molecular flexibility index (Phi) is 8.73. The molecule has 0 saturated heterocycles. The first kappa shape index (κ1) is 28.2. The van der Waals surface area contributed by atoms with Gasteiger partial charge in [0.25, 0.3) is 11.4 Å². The molecule has 4 rings (SSSR count). The summed E-state index contributed by atoms with van der Waals surface area (Å²) >= 11 is 11.8. The molecule has 4 aromatic rings. The van der Waals surface area contributed by atoms with E-state index in [1.165, 1.54) is 50.9 Å². The van der Waals surface area contributed by atoms with Gasteiger partial charge in [0.15, 0.2) is 0 Å². The Balaban J connectivity index is 1.59. The third-order valence-electron chi connectivity index (χ3n) is 5.73. The standard InChI is InChI=1S/C28H20Cl2N4O6/c1-39-27-13-19(5-9-23(27)31-15-17-3-7-21(29)25(11-17)33(35)36)20-6-10-24(28(14-20)40-2)32-16-18-4-8-22(30)26(12-18)34(37)38/h3-16H,1-2H3. The van der Waals surface area contributed by atoms with Gasteiger partial charge in [0, 0.05) is 24.6 Å². The van der Waals surface area contributed by atoms with E-state index in [1.807, 2.05) is 24.3 Å². The number of nitrogens with zero attached hydrogens (tertiary/aromatic N) is 4. The molecular formula is C28H20Cl2N4O6. The number of hydrogen-bond acceptors (Lipinski definition) is 8. The zero-order valence-corrected chi connectivity index (χ0v) is 22.6. The summed E-state index contributed by atoms with van der Waals surface area (Å²) in [5, 5.41) is 22.4. The number of nitro benzene ring substituents is 2. The molecule has 0 heterocycles. The highest BCUT2D eigenvalue weighted by atomic mass is 35.5. The summed E-state index contributed by atoms with van der Waals surface area (Å²) in [4.78, 5) is 30.0. The molecule has 0 amide bonds. The lowest BCUT2D eigenvalue weighted by atomic mass is 10.0. The van der Waals surface area contributed by atoms with Crippen LogP contribution in [0.15, 0.2) is 82.8 Å². The van der Waals surface area contributed by atoms with Crippen LogP contribution in [0.3, 0.4) is 0 Å². The number of rotatable bonds is 9. The molecule has 0 unspecified atom stereocenters. The summed E-state index contributed by atoms with van der Waals surface area (Å²) in [5.74, 6) is 0.977. The summed E-state index contributed by atoms with van der Waals surface area (Å²) in [6.07, 6.45) is 2.98. The lowest BCUT2D eigenvalue weighted by Crippen LogP contribution is -1.92. The van der Waals surface area contributed by atoms with Gasteiger partial charge in [-0.1, -0.05) is 47.5 Å². The first-order valence-electron chi connectivity index (χ1n) is 11.5. The van der Waals surface area contributed by atoms with Crippen molar-refractivity contribution in [3.8, 4) is 22.6 Å². The van der Waals surface area contributed by atoms with Crippen molar-refractivity contribution in [2.24, 2.45) is 9.98 Å². The summed E-state index contributed by atoms with van der Waals surface area (Å²) < 4.78 is 11.0. The molecule has 0 atom stereocenters. The van der Waals surface area contributed by atoms with Gasteiger partial charge in [-0.3, -0.25) is 30.2 Å². The Morgan fingerprint density at radius 3 is 1.40 bits per heavy atom. The monoisotopic (exact) mass is 578 g/mol. The Labute approximate surface area is 238 Å². The zero-order chi connectivity index (χ0) is 28.8. The molecule has 0 bridgehead atoms. The predicted molar refractivity (Wildman–Crippen MR) is 156 cm³/mol. The van der Waals surface area contributed by atoms with Gasteiger partial charge < -0.3 is 9.47 Å². The van der Waals surface area contributed by atoms with E-state index in [9.17, 15) is 20.2 Å². The second-order valence-corrected chi connectivity index (χ2v) is 9.04. The van der Waals surface area contributed by atoms with Crippen molar-refractivity contribution < 1.29 is 19.3 Å². The van der Waals surface area contributed by atoms with Crippen molar-refractivity contribution in [1.82, 2.24) is 0 Å². The van der Waals surface area contributed by atoms with E-state index in [1.54, 1.807) is 24.3 Å². The first-order valence-corrected chi connectivity index (χ1v) is 12.3. The van der Waals surface area contributed by atoms with E-state index in [2.05, 4.69) is 9.98 Å².